The number of benzene rings is 2. The van der Waals surface area contributed by atoms with E-state index >= 15 is 0 Å². The molecule has 0 radical (unpaired) electrons. The average molecular weight is 384 g/mol. The zero-order chi connectivity index (χ0) is 19.1. The second kappa shape index (κ2) is 9.81. The summed E-state index contributed by atoms with van der Waals surface area (Å²) in [7, 11) is 2.16. The molecule has 2 aromatic rings. The van der Waals surface area contributed by atoms with Crippen LogP contribution in [0.2, 0.25) is 0 Å². The Bertz CT molecular complexity index is 739. The Labute approximate surface area is 166 Å². The molecule has 2 aromatic carbocycles. The lowest BCUT2D eigenvalue weighted by molar-refractivity contribution is 0.0951. The molecule has 1 heterocycles. The van der Waals surface area contributed by atoms with Gasteiger partial charge in [-0.1, -0.05) is 37.3 Å². The van der Waals surface area contributed by atoms with Crippen molar-refractivity contribution < 1.29 is 4.79 Å². The van der Waals surface area contributed by atoms with Crippen molar-refractivity contribution in [1.82, 2.24) is 10.2 Å². The molecule has 0 atom stereocenters. The predicted molar refractivity (Wildman–Crippen MR) is 116 cm³/mol. The summed E-state index contributed by atoms with van der Waals surface area (Å²) in [5, 5.41) is 3.08. The van der Waals surface area contributed by atoms with Gasteiger partial charge in [0.25, 0.3) is 5.91 Å². The number of hydrogen-bond acceptors (Lipinski definition) is 4. The molecule has 3 rings (SSSR count). The molecule has 0 aromatic heterocycles. The largest absolute Gasteiger partial charge is 0.369 e. The molecule has 0 spiro atoms. The van der Waals surface area contributed by atoms with Crippen LogP contribution in [-0.4, -0.2) is 49.8 Å². The molecule has 1 amide bonds. The number of amides is 1. The summed E-state index contributed by atoms with van der Waals surface area (Å²) in [6.45, 7) is 6.91. The van der Waals surface area contributed by atoms with Crippen molar-refractivity contribution in [3.63, 3.8) is 0 Å². The number of nitrogens with zero attached hydrogens (tertiary/aromatic N) is 2. The van der Waals surface area contributed by atoms with Crippen molar-refractivity contribution in [3.8, 4) is 0 Å². The SMILES string of the molecule is CCSCc1ccc(C(=O)NCc2ccccc2N2CCN(C)CC2)cc1. The van der Waals surface area contributed by atoms with E-state index in [0.29, 0.717) is 6.54 Å². The second-order valence-corrected chi connectivity index (χ2v) is 8.21. The van der Waals surface area contributed by atoms with E-state index in [2.05, 4.69) is 59.4 Å². The smallest absolute Gasteiger partial charge is 0.251 e. The van der Waals surface area contributed by atoms with Gasteiger partial charge in [0, 0.05) is 49.7 Å². The van der Waals surface area contributed by atoms with Crippen LogP contribution in [0, 0.1) is 0 Å². The van der Waals surface area contributed by atoms with E-state index in [9.17, 15) is 4.79 Å². The summed E-state index contributed by atoms with van der Waals surface area (Å²) >= 11 is 1.89. The average Bonchev–Trinajstić information content (AvgIpc) is 2.72. The van der Waals surface area contributed by atoms with Crippen LogP contribution in [0.25, 0.3) is 0 Å². The van der Waals surface area contributed by atoms with Crippen LogP contribution < -0.4 is 10.2 Å². The Hall–Kier alpha value is -1.98. The van der Waals surface area contributed by atoms with Crippen molar-refractivity contribution in [1.29, 1.82) is 0 Å². The Kier molecular flexibility index (Phi) is 7.18. The molecule has 1 aliphatic heterocycles. The number of thioether (sulfide) groups is 1. The summed E-state index contributed by atoms with van der Waals surface area (Å²) in [6, 6.07) is 16.3. The highest BCUT2D eigenvalue weighted by Crippen LogP contribution is 2.22. The minimum atomic E-state index is -0.0159. The third-order valence-corrected chi connectivity index (χ3v) is 5.91. The van der Waals surface area contributed by atoms with Gasteiger partial charge in [-0.25, -0.2) is 0 Å². The minimum absolute atomic E-state index is 0.0159. The maximum absolute atomic E-state index is 12.5. The number of likely N-dealkylation sites (N-methyl/N-ethyl adjacent to an activating group) is 1. The number of hydrogen-bond donors (Lipinski definition) is 1. The van der Waals surface area contributed by atoms with Crippen molar-refractivity contribution in [2.75, 3.05) is 43.9 Å². The normalized spacial score (nSPS) is 15.0. The van der Waals surface area contributed by atoms with Crippen LogP contribution in [0.15, 0.2) is 48.5 Å². The van der Waals surface area contributed by atoms with Crippen LogP contribution in [0.3, 0.4) is 0 Å². The van der Waals surface area contributed by atoms with Gasteiger partial charge in [0.15, 0.2) is 0 Å². The van der Waals surface area contributed by atoms with Crippen LogP contribution in [0.1, 0.15) is 28.4 Å². The van der Waals surface area contributed by atoms with Crippen LogP contribution in [0.5, 0.6) is 0 Å². The van der Waals surface area contributed by atoms with Gasteiger partial charge < -0.3 is 15.1 Å². The predicted octanol–water partition coefficient (Wildman–Crippen LogP) is 3.62. The number of piperazine rings is 1. The standard InChI is InChI=1S/C22H29N3OS/c1-3-27-17-18-8-10-19(11-9-18)22(26)23-16-20-6-4-5-7-21(20)25-14-12-24(2)13-15-25/h4-11H,3,12-17H2,1-2H3,(H,23,26). The highest BCUT2D eigenvalue weighted by atomic mass is 32.2. The maximum Gasteiger partial charge on any atom is 0.251 e. The lowest BCUT2D eigenvalue weighted by Crippen LogP contribution is -2.45. The monoisotopic (exact) mass is 383 g/mol. The number of anilines is 1. The van der Waals surface area contributed by atoms with Gasteiger partial charge in [0.05, 0.1) is 0 Å². The molecule has 144 valence electrons. The molecule has 0 unspecified atom stereocenters. The number of nitrogens with one attached hydrogen (secondary N) is 1. The van der Waals surface area contributed by atoms with E-state index in [1.807, 2.05) is 30.0 Å². The van der Waals surface area contributed by atoms with Crippen molar-refractivity contribution in [2.24, 2.45) is 0 Å². The van der Waals surface area contributed by atoms with E-state index < -0.39 is 0 Å². The van der Waals surface area contributed by atoms with E-state index in [1.165, 1.54) is 16.8 Å². The van der Waals surface area contributed by atoms with Crippen molar-refractivity contribution in [2.45, 2.75) is 19.2 Å². The quantitative estimate of drug-likeness (QED) is 0.792. The molecule has 27 heavy (non-hydrogen) atoms. The molecule has 0 saturated carbocycles. The van der Waals surface area contributed by atoms with Crippen molar-refractivity contribution in [3.05, 3.63) is 65.2 Å². The van der Waals surface area contributed by atoms with E-state index in [1.54, 1.807) is 0 Å². The fraction of sp³-hybridized carbons (Fsp3) is 0.409. The van der Waals surface area contributed by atoms with Gasteiger partial charge in [-0.3, -0.25) is 4.79 Å². The fourth-order valence-electron chi connectivity index (χ4n) is 3.27. The summed E-state index contributed by atoms with van der Waals surface area (Å²) in [5.41, 5.74) is 4.39. The first-order chi connectivity index (χ1) is 13.2. The summed E-state index contributed by atoms with van der Waals surface area (Å²) in [6.07, 6.45) is 0. The molecular weight excluding hydrogens is 354 g/mol. The number of rotatable bonds is 7. The van der Waals surface area contributed by atoms with Crippen molar-refractivity contribution >= 4 is 23.4 Å². The van der Waals surface area contributed by atoms with Crippen LogP contribution in [-0.2, 0) is 12.3 Å². The third-order valence-electron chi connectivity index (χ3n) is 4.96. The molecule has 1 N–H and O–H groups in total. The zero-order valence-electron chi connectivity index (χ0n) is 16.3. The Morgan fingerprint density at radius 1 is 1.04 bits per heavy atom. The van der Waals surface area contributed by atoms with E-state index in [-0.39, 0.29) is 5.91 Å². The molecule has 4 nitrogen and oxygen atoms in total. The highest BCUT2D eigenvalue weighted by molar-refractivity contribution is 7.98. The summed E-state index contributed by atoms with van der Waals surface area (Å²) < 4.78 is 0. The third kappa shape index (κ3) is 5.50. The Balaban J connectivity index is 1.60. The molecule has 0 aliphatic carbocycles. The molecule has 5 heteroatoms. The highest BCUT2D eigenvalue weighted by Gasteiger charge is 2.17. The molecule has 1 saturated heterocycles. The second-order valence-electron chi connectivity index (χ2n) is 6.94. The maximum atomic E-state index is 12.5. The van der Waals surface area contributed by atoms with E-state index in [0.717, 1.165) is 43.2 Å². The number of carbonyl (C=O) groups is 1. The van der Waals surface area contributed by atoms with Gasteiger partial charge >= 0.3 is 0 Å². The topological polar surface area (TPSA) is 35.6 Å². The van der Waals surface area contributed by atoms with Crippen LogP contribution >= 0.6 is 11.8 Å². The summed E-state index contributed by atoms with van der Waals surface area (Å²) in [5.74, 6) is 2.09. The van der Waals surface area contributed by atoms with Gasteiger partial charge in [-0.15, -0.1) is 0 Å². The lowest BCUT2D eigenvalue weighted by atomic mass is 10.1. The number of para-hydroxylation sites is 1. The van der Waals surface area contributed by atoms with E-state index in [4.69, 9.17) is 0 Å². The van der Waals surface area contributed by atoms with Gasteiger partial charge in [-0.05, 0) is 42.1 Å². The van der Waals surface area contributed by atoms with Gasteiger partial charge in [-0.2, -0.15) is 11.8 Å². The minimum Gasteiger partial charge on any atom is -0.369 e. The fourth-order valence-corrected chi connectivity index (χ4v) is 3.90. The zero-order valence-corrected chi connectivity index (χ0v) is 17.1. The molecular formula is C22H29N3OS. The first-order valence-corrected chi connectivity index (χ1v) is 10.8. The Morgan fingerprint density at radius 2 is 1.74 bits per heavy atom. The summed E-state index contributed by atoms with van der Waals surface area (Å²) in [4.78, 5) is 17.3. The first kappa shape index (κ1) is 19.8. The van der Waals surface area contributed by atoms with Gasteiger partial charge in [0.2, 0.25) is 0 Å². The molecule has 1 aliphatic rings. The Morgan fingerprint density at radius 3 is 2.44 bits per heavy atom. The number of carbonyl (C=O) groups excluding carboxylic acids is 1. The molecule has 0 bridgehead atoms. The molecule has 1 fully saturated rings. The van der Waals surface area contributed by atoms with Crippen LogP contribution in [0.4, 0.5) is 5.69 Å². The lowest BCUT2D eigenvalue weighted by Gasteiger charge is -2.35. The first-order valence-electron chi connectivity index (χ1n) is 9.63. The van der Waals surface area contributed by atoms with Gasteiger partial charge in [0.1, 0.15) is 0 Å².